The second-order valence-corrected chi connectivity index (χ2v) is 3.02. The highest BCUT2D eigenvalue weighted by molar-refractivity contribution is 9.18. The monoisotopic (exact) mass is 226 g/mol. The van der Waals surface area contributed by atoms with E-state index in [9.17, 15) is 0 Å². The summed E-state index contributed by atoms with van der Waals surface area (Å²) in [6, 6.07) is 0. The quantitative estimate of drug-likeness (QED) is 0.576. The molecule has 7 heavy (non-hydrogen) atoms. The van der Waals surface area contributed by atoms with Gasteiger partial charge in [-0.3, -0.25) is 0 Å². The van der Waals surface area contributed by atoms with Crippen LogP contribution in [0.4, 0.5) is 0 Å². The molecule has 0 aromatic rings. The molecule has 1 aliphatic rings. The highest BCUT2D eigenvalue weighted by Crippen LogP contribution is 2.12. The Morgan fingerprint density at radius 2 is 2.43 bits per heavy atom. The second-order valence-electron chi connectivity index (χ2n) is 1.29. The Morgan fingerprint density at radius 1 is 1.71 bits per heavy atom. The zero-order valence-corrected chi connectivity index (χ0v) is 6.74. The molecule has 2 nitrogen and oxygen atoms in total. The zero-order chi connectivity index (χ0) is 5.28. The predicted molar refractivity (Wildman–Crippen MR) is 36.6 cm³/mol. The minimum atomic E-state index is 0.973. The largest absolute Gasteiger partial charge is 0.229 e. The maximum Gasteiger partial charge on any atom is 0.106 e. The lowest BCUT2D eigenvalue weighted by atomic mass is 10.5. The molecule has 0 unspecified atom stereocenters. The van der Waals surface area contributed by atoms with Gasteiger partial charge in [0.25, 0.3) is 0 Å². The van der Waals surface area contributed by atoms with E-state index < -0.39 is 0 Å². The van der Waals surface area contributed by atoms with E-state index >= 15 is 0 Å². The average Bonchev–Trinajstić information content (AvgIpc) is 1.87. The molecule has 0 atom stereocenters. The first-order valence-corrected chi connectivity index (χ1v) is 3.45. The van der Waals surface area contributed by atoms with E-state index in [0.717, 1.165) is 17.6 Å². The van der Waals surface area contributed by atoms with Gasteiger partial charge in [-0.1, -0.05) is 0 Å². The number of rotatable bonds is 0. The summed E-state index contributed by atoms with van der Waals surface area (Å²) in [4.78, 5) is 0. The minimum absolute atomic E-state index is 0.973. The van der Waals surface area contributed by atoms with Crippen LogP contribution in [0.2, 0.25) is 0 Å². The van der Waals surface area contributed by atoms with Crippen LogP contribution >= 0.6 is 32.1 Å². The highest BCUT2D eigenvalue weighted by Gasteiger charge is 2.06. The Bertz CT molecular complexity index is 101. The van der Waals surface area contributed by atoms with Crippen molar-refractivity contribution < 1.29 is 0 Å². The third-order valence-corrected chi connectivity index (χ3v) is 1.79. The van der Waals surface area contributed by atoms with Gasteiger partial charge in [0.1, 0.15) is 4.62 Å². The summed E-state index contributed by atoms with van der Waals surface area (Å²) in [6.07, 6.45) is 1.02. The van der Waals surface area contributed by atoms with Crippen molar-refractivity contribution in [1.29, 1.82) is 0 Å². The maximum atomic E-state index is 3.97. The van der Waals surface area contributed by atoms with E-state index in [0.29, 0.717) is 0 Å². The SMILES string of the molecule is BrC1=NN(Br)CC1. The van der Waals surface area contributed by atoms with Crippen molar-refractivity contribution in [2.45, 2.75) is 6.42 Å². The van der Waals surface area contributed by atoms with Crippen LogP contribution in [0.1, 0.15) is 6.42 Å². The van der Waals surface area contributed by atoms with Gasteiger partial charge >= 0.3 is 0 Å². The van der Waals surface area contributed by atoms with Gasteiger partial charge in [-0.25, -0.2) is 4.03 Å². The van der Waals surface area contributed by atoms with Gasteiger partial charge in [0, 0.05) is 6.42 Å². The van der Waals surface area contributed by atoms with Crippen LogP contribution in [0.3, 0.4) is 0 Å². The molecule has 0 aromatic carbocycles. The molecule has 0 saturated heterocycles. The van der Waals surface area contributed by atoms with Crippen LogP contribution in [0.5, 0.6) is 0 Å². The summed E-state index contributed by atoms with van der Waals surface area (Å²) in [7, 11) is 0. The van der Waals surface area contributed by atoms with Gasteiger partial charge in [-0.2, -0.15) is 5.10 Å². The van der Waals surface area contributed by atoms with Crippen molar-refractivity contribution in [1.82, 2.24) is 4.03 Å². The molecule has 0 spiro atoms. The number of hydrazone groups is 1. The first kappa shape index (κ1) is 5.56. The molecule has 0 aromatic heterocycles. The van der Waals surface area contributed by atoms with Crippen LogP contribution < -0.4 is 0 Å². The van der Waals surface area contributed by atoms with Crippen LogP contribution in [-0.4, -0.2) is 15.2 Å². The van der Waals surface area contributed by atoms with E-state index in [4.69, 9.17) is 0 Å². The topological polar surface area (TPSA) is 15.6 Å². The first-order valence-electron chi connectivity index (χ1n) is 1.95. The fourth-order valence-corrected chi connectivity index (χ4v) is 1.35. The average molecular weight is 228 g/mol. The van der Waals surface area contributed by atoms with Gasteiger partial charge in [-0.15, -0.1) is 0 Å². The molecule has 0 fully saturated rings. The summed E-state index contributed by atoms with van der Waals surface area (Å²) >= 11 is 6.45. The predicted octanol–water partition coefficient (Wildman–Crippen LogP) is 1.71. The van der Waals surface area contributed by atoms with Crippen LogP contribution in [0, 0.1) is 0 Å². The molecule has 1 aliphatic heterocycles. The van der Waals surface area contributed by atoms with Crippen molar-refractivity contribution in [3.8, 4) is 0 Å². The van der Waals surface area contributed by atoms with E-state index in [-0.39, 0.29) is 0 Å². The Hall–Kier alpha value is 0.430. The molecule has 0 amide bonds. The van der Waals surface area contributed by atoms with Crippen LogP contribution in [-0.2, 0) is 0 Å². The molecular weight excluding hydrogens is 224 g/mol. The standard InChI is InChI=1S/C3H4Br2N2/c4-3-1-2-7(5)6-3/h1-2H2. The molecule has 4 heteroatoms. The van der Waals surface area contributed by atoms with Crippen LogP contribution in [0.15, 0.2) is 5.10 Å². The molecule has 0 radical (unpaired) electrons. The van der Waals surface area contributed by atoms with Crippen molar-refractivity contribution in [2.75, 3.05) is 6.54 Å². The summed E-state index contributed by atoms with van der Waals surface area (Å²) in [6.45, 7) is 0.973. The normalized spacial score (nSPS) is 20.3. The Kier molecular flexibility index (Phi) is 1.69. The van der Waals surface area contributed by atoms with Crippen molar-refractivity contribution in [3.05, 3.63) is 0 Å². The number of hydrogen-bond donors (Lipinski definition) is 0. The maximum absolute atomic E-state index is 3.97. The molecule has 0 N–H and O–H groups in total. The Balaban J connectivity index is 2.50. The highest BCUT2D eigenvalue weighted by atomic mass is 79.9. The second kappa shape index (κ2) is 2.13. The lowest BCUT2D eigenvalue weighted by Gasteiger charge is -1.95. The van der Waals surface area contributed by atoms with Crippen LogP contribution in [0.25, 0.3) is 0 Å². The summed E-state index contributed by atoms with van der Waals surface area (Å²) < 4.78 is 2.75. The number of hydrogen-bond acceptors (Lipinski definition) is 2. The van der Waals surface area contributed by atoms with Gasteiger partial charge in [-0.05, 0) is 15.9 Å². The van der Waals surface area contributed by atoms with Crippen molar-refractivity contribution >= 4 is 36.7 Å². The number of halogens is 2. The molecular formula is C3H4Br2N2. The molecule has 0 bridgehead atoms. The smallest absolute Gasteiger partial charge is 0.106 e. The Morgan fingerprint density at radius 3 is 2.57 bits per heavy atom. The third kappa shape index (κ3) is 1.42. The number of nitrogens with zero attached hydrogens (tertiary/aromatic N) is 2. The molecule has 40 valence electrons. The lowest BCUT2D eigenvalue weighted by molar-refractivity contribution is 0.576. The molecule has 1 rings (SSSR count). The molecule has 0 aliphatic carbocycles. The summed E-state index contributed by atoms with van der Waals surface area (Å²) in [5.74, 6) is 0. The van der Waals surface area contributed by atoms with Gasteiger partial charge in [0.15, 0.2) is 0 Å². The van der Waals surface area contributed by atoms with E-state index in [2.05, 4.69) is 37.2 Å². The van der Waals surface area contributed by atoms with E-state index in [1.54, 1.807) is 4.03 Å². The fraction of sp³-hybridized carbons (Fsp3) is 0.667. The van der Waals surface area contributed by atoms with E-state index in [1.807, 2.05) is 0 Å². The van der Waals surface area contributed by atoms with Gasteiger partial charge in [0.2, 0.25) is 0 Å². The van der Waals surface area contributed by atoms with Gasteiger partial charge in [0.05, 0.1) is 22.7 Å². The lowest BCUT2D eigenvalue weighted by Crippen LogP contribution is -1.94. The van der Waals surface area contributed by atoms with E-state index in [1.165, 1.54) is 0 Å². The molecule has 1 heterocycles. The minimum Gasteiger partial charge on any atom is -0.229 e. The van der Waals surface area contributed by atoms with Crippen molar-refractivity contribution in [2.24, 2.45) is 5.10 Å². The Labute approximate surface area is 59.0 Å². The van der Waals surface area contributed by atoms with Gasteiger partial charge < -0.3 is 0 Å². The summed E-state index contributed by atoms with van der Waals surface area (Å²) in [5.41, 5.74) is 0. The summed E-state index contributed by atoms with van der Waals surface area (Å²) in [5, 5.41) is 3.97. The fourth-order valence-electron chi connectivity index (χ4n) is 0.402. The van der Waals surface area contributed by atoms with Crippen molar-refractivity contribution in [3.63, 3.8) is 0 Å². The zero-order valence-electron chi connectivity index (χ0n) is 3.56. The third-order valence-electron chi connectivity index (χ3n) is 0.720. The molecule has 0 saturated carbocycles. The first-order chi connectivity index (χ1) is 3.29.